The van der Waals surface area contributed by atoms with E-state index in [1.807, 2.05) is 53.7 Å². The highest BCUT2D eigenvalue weighted by Gasteiger charge is 2.16. The van der Waals surface area contributed by atoms with Gasteiger partial charge in [-0.3, -0.25) is 20.2 Å². The van der Waals surface area contributed by atoms with Gasteiger partial charge in [0.15, 0.2) is 0 Å². The Morgan fingerprint density at radius 3 is 1.26 bits per heavy atom. The number of hydrogen-bond acceptors (Lipinski definition) is 14. The number of nitrogens with one attached hydrogen (secondary N) is 1. The Morgan fingerprint density at radius 1 is 0.585 bits per heavy atom. The highest BCUT2D eigenvalue weighted by Crippen LogP contribution is 2.17. The van der Waals surface area contributed by atoms with Crippen molar-refractivity contribution >= 4 is 40.3 Å². The fraction of sp³-hybridized carbons (Fsp3) is 0.583. The summed E-state index contributed by atoms with van der Waals surface area (Å²) in [6.07, 6.45) is 4.14. The summed E-state index contributed by atoms with van der Waals surface area (Å²) in [6.45, 7) is 24.9. The van der Waals surface area contributed by atoms with Crippen LogP contribution in [0.15, 0.2) is 55.0 Å². The minimum Gasteiger partial charge on any atom is -0.397 e. The lowest BCUT2D eigenvalue weighted by atomic mass is 10.3. The van der Waals surface area contributed by atoms with Gasteiger partial charge in [-0.15, -0.1) is 0 Å². The molecule has 53 heavy (non-hydrogen) atoms. The molecule has 298 valence electrons. The third kappa shape index (κ3) is 20.6. The highest BCUT2D eigenvalue weighted by atomic mass is 35.5. The van der Waals surface area contributed by atoms with Gasteiger partial charge in [0.2, 0.25) is 0 Å². The van der Waals surface area contributed by atoms with Crippen LogP contribution in [-0.2, 0) is 0 Å². The molecule has 6 heterocycles. The fourth-order valence-corrected chi connectivity index (χ4v) is 4.69. The van der Waals surface area contributed by atoms with Crippen LogP contribution in [-0.4, -0.2) is 139 Å². The molecule has 16 nitrogen and oxygen atoms in total. The summed E-state index contributed by atoms with van der Waals surface area (Å²) in [4.78, 5) is 42.8. The number of nitrogens with two attached hydrogens (primary N) is 1. The molecule has 3 aliphatic heterocycles. The van der Waals surface area contributed by atoms with E-state index in [2.05, 4.69) is 65.9 Å². The molecule has 3 saturated heterocycles. The second-order valence-electron chi connectivity index (χ2n) is 11.3. The van der Waals surface area contributed by atoms with Gasteiger partial charge in [-0.2, -0.15) is 0 Å². The number of nitro groups is 2. The van der Waals surface area contributed by atoms with Crippen molar-refractivity contribution in [2.75, 3.05) is 115 Å². The maximum Gasteiger partial charge on any atom is 0.287 e. The highest BCUT2D eigenvalue weighted by molar-refractivity contribution is 6.29. The van der Waals surface area contributed by atoms with E-state index in [-0.39, 0.29) is 16.5 Å². The molecule has 0 unspecified atom stereocenters. The number of nitrogens with zero attached hydrogens (tertiary/aromatic N) is 10. The Kier molecular flexibility index (Phi) is 26.9. The van der Waals surface area contributed by atoms with Crippen LogP contribution in [0.2, 0.25) is 5.15 Å². The molecular weight excluding hydrogens is 700 g/mol. The Balaban J connectivity index is 0.000000670. The van der Waals surface area contributed by atoms with Crippen LogP contribution >= 0.6 is 11.6 Å². The van der Waals surface area contributed by atoms with Crippen LogP contribution in [0.1, 0.15) is 41.5 Å². The lowest BCUT2D eigenvalue weighted by molar-refractivity contribution is -0.385. The zero-order chi connectivity index (χ0) is 40.2. The molecule has 6 rings (SSSR count). The van der Waals surface area contributed by atoms with E-state index in [9.17, 15) is 20.2 Å². The first kappa shape index (κ1) is 48.8. The van der Waals surface area contributed by atoms with Gasteiger partial charge in [-0.1, -0.05) is 53.1 Å². The predicted molar refractivity (Wildman–Crippen MR) is 219 cm³/mol. The van der Waals surface area contributed by atoms with Gasteiger partial charge in [-0.05, 0) is 45.4 Å². The van der Waals surface area contributed by atoms with Gasteiger partial charge in [0, 0.05) is 90.7 Å². The first-order valence-corrected chi connectivity index (χ1v) is 18.7. The van der Waals surface area contributed by atoms with Crippen LogP contribution < -0.4 is 20.9 Å². The standard InChI is InChI=1S/C10H14N4O2.C10H16N4.C5H3ClN2O2.C5H12N2.3C2H6/c1-12-4-6-13(7-5-12)10-3-2-9(8-11-10)14(15)16;1-13-4-6-14(7-5-13)10-3-2-9(11)8-12-10;6-5-2-1-4(3-7-5)8(9)10;1-7-4-2-6-3-5-7;3*1-2/h2-3,8H,4-7H2,1H3;2-3,8H,4-7,11H2,1H3;1-3H;6H,2-5H2,1H3;3*1-2H3. The number of nitrogen functional groups attached to an aromatic ring is 1. The van der Waals surface area contributed by atoms with Crippen molar-refractivity contribution in [3.63, 3.8) is 0 Å². The maximum atomic E-state index is 10.5. The van der Waals surface area contributed by atoms with Crippen molar-refractivity contribution in [1.29, 1.82) is 0 Å². The molecule has 0 saturated carbocycles. The van der Waals surface area contributed by atoms with E-state index >= 15 is 0 Å². The van der Waals surface area contributed by atoms with E-state index in [1.165, 1.54) is 37.5 Å². The third-order valence-electron chi connectivity index (χ3n) is 7.63. The summed E-state index contributed by atoms with van der Waals surface area (Å²) in [5.74, 6) is 1.85. The number of hydrogen-bond donors (Lipinski definition) is 2. The van der Waals surface area contributed by atoms with Crippen LogP contribution in [0.4, 0.5) is 28.7 Å². The molecular formula is C36H63ClN12O4. The number of likely N-dealkylation sites (N-methyl/N-ethyl adjacent to an activating group) is 3. The Morgan fingerprint density at radius 2 is 0.962 bits per heavy atom. The molecule has 3 fully saturated rings. The second-order valence-corrected chi connectivity index (χ2v) is 11.7. The van der Waals surface area contributed by atoms with Gasteiger partial charge in [0.1, 0.15) is 29.2 Å². The van der Waals surface area contributed by atoms with Crippen molar-refractivity contribution in [2.24, 2.45) is 0 Å². The number of anilines is 3. The van der Waals surface area contributed by atoms with Crippen molar-refractivity contribution in [3.8, 4) is 0 Å². The van der Waals surface area contributed by atoms with Gasteiger partial charge >= 0.3 is 0 Å². The lowest BCUT2D eigenvalue weighted by Crippen LogP contribution is -2.44. The first-order valence-electron chi connectivity index (χ1n) is 18.4. The molecule has 0 amide bonds. The van der Waals surface area contributed by atoms with E-state index in [0.29, 0.717) is 0 Å². The van der Waals surface area contributed by atoms with Crippen molar-refractivity contribution in [3.05, 3.63) is 80.4 Å². The second kappa shape index (κ2) is 29.3. The lowest BCUT2D eigenvalue weighted by Gasteiger charge is -2.33. The predicted octanol–water partition coefficient (Wildman–Crippen LogP) is 5.40. The molecule has 0 aliphatic carbocycles. The zero-order valence-electron chi connectivity index (χ0n) is 33.2. The normalized spacial score (nSPS) is 15.6. The Hall–Kier alpha value is -4.22. The molecule has 0 atom stereocenters. The molecule has 3 aromatic rings. The quantitative estimate of drug-likeness (QED) is 0.196. The smallest absolute Gasteiger partial charge is 0.287 e. The van der Waals surface area contributed by atoms with Crippen LogP contribution in [0.5, 0.6) is 0 Å². The fourth-order valence-electron chi connectivity index (χ4n) is 4.58. The summed E-state index contributed by atoms with van der Waals surface area (Å²) >= 11 is 5.38. The van der Waals surface area contributed by atoms with E-state index in [1.54, 1.807) is 12.3 Å². The Labute approximate surface area is 321 Å². The number of aromatic nitrogens is 3. The Bertz CT molecular complexity index is 1350. The monoisotopic (exact) mass is 762 g/mol. The van der Waals surface area contributed by atoms with Crippen molar-refractivity contribution in [1.82, 2.24) is 35.0 Å². The molecule has 3 aliphatic rings. The molecule has 0 aromatic carbocycles. The topological polar surface area (TPSA) is 179 Å². The third-order valence-corrected chi connectivity index (χ3v) is 7.86. The minimum atomic E-state index is -0.524. The average molecular weight is 763 g/mol. The summed E-state index contributed by atoms with van der Waals surface area (Å²) < 4.78 is 0. The summed E-state index contributed by atoms with van der Waals surface area (Å²) in [5, 5.41) is 24.0. The van der Waals surface area contributed by atoms with Crippen LogP contribution in [0, 0.1) is 20.2 Å². The zero-order valence-corrected chi connectivity index (χ0v) is 34.0. The van der Waals surface area contributed by atoms with Crippen LogP contribution in [0.3, 0.4) is 0 Å². The average Bonchev–Trinajstić information content (AvgIpc) is 3.19. The van der Waals surface area contributed by atoms with Gasteiger partial charge in [-0.25, -0.2) is 15.0 Å². The SMILES string of the molecule is CC.CC.CC.CN1CCN(c2ccc(N)cn2)CC1.CN1CCN(c2ccc([N+](=O)[O-])cn2)CC1.CN1CCNCC1.O=[N+]([O-])c1ccc(Cl)nc1. The number of halogens is 1. The number of rotatable bonds is 4. The van der Waals surface area contributed by atoms with Gasteiger partial charge < -0.3 is 35.6 Å². The van der Waals surface area contributed by atoms with E-state index in [4.69, 9.17) is 17.3 Å². The largest absolute Gasteiger partial charge is 0.397 e. The van der Waals surface area contributed by atoms with E-state index < -0.39 is 9.85 Å². The summed E-state index contributed by atoms with van der Waals surface area (Å²) in [7, 11) is 6.38. The summed E-state index contributed by atoms with van der Waals surface area (Å²) in [5.41, 5.74) is 6.30. The van der Waals surface area contributed by atoms with Crippen molar-refractivity contribution in [2.45, 2.75) is 41.5 Å². The number of piperazine rings is 3. The van der Waals surface area contributed by atoms with Crippen molar-refractivity contribution < 1.29 is 9.85 Å². The number of pyridine rings is 3. The van der Waals surface area contributed by atoms with Gasteiger partial charge in [0.25, 0.3) is 11.4 Å². The molecule has 3 N–H and O–H groups in total. The molecule has 0 bridgehead atoms. The van der Waals surface area contributed by atoms with E-state index in [0.717, 1.165) is 89.0 Å². The molecule has 17 heteroatoms. The first-order chi connectivity index (χ1) is 25.5. The molecule has 3 aromatic heterocycles. The van der Waals surface area contributed by atoms with Crippen LogP contribution in [0.25, 0.3) is 0 Å². The maximum absolute atomic E-state index is 10.5. The molecule has 0 spiro atoms. The minimum absolute atomic E-state index is 0.0397. The van der Waals surface area contributed by atoms with Gasteiger partial charge in [0.05, 0.1) is 21.7 Å². The summed E-state index contributed by atoms with van der Waals surface area (Å²) in [6, 6.07) is 9.78. The molecule has 0 radical (unpaired) electrons.